The third-order valence-corrected chi connectivity index (χ3v) is 6.68. The molecule has 0 unspecified atom stereocenters. The molecule has 208 valence electrons. The Morgan fingerprint density at radius 2 is 1.70 bits per heavy atom. The van der Waals surface area contributed by atoms with E-state index in [9.17, 15) is 24.1 Å². The monoisotopic (exact) mass is 546 g/mol. The van der Waals surface area contributed by atoms with Crippen LogP contribution in [0.5, 0.6) is 0 Å². The number of fused-ring (bicyclic) bond motifs is 1. The summed E-state index contributed by atoms with van der Waals surface area (Å²) in [6.45, 7) is 1.11. The molecule has 10 heteroatoms. The van der Waals surface area contributed by atoms with E-state index in [0.717, 1.165) is 22.0 Å². The second kappa shape index (κ2) is 13.5. The summed E-state index contributed by atoms with van der Waals surface area (Å²) in [6, 6.07) is 19.2. The van der Waals surface area contributed by atoms with Gasteiger partial charge in [-0.1, -0.05) is 30.3 Å². The minimum Gasteiger partial charge on any atom is -0.385 e. The molecule has 0 saturated carbocycles. The van der Waals surface area contributed by atoms with E-state index in [2.05, 4.69) is 4.98 Å². The number of halogens is 1. The van der Waals surface area contributed by atoms with Crippen LogP contribution >= 0.6 is 0 Å². The highest BCUT2D eigenvalue weighted by molar-refractivity contribution is 5.96. The van der Waals surface area contributed by atoms with Gasteiger partial charge in [-0.05, 0) is 54.3 Å². The van der Waals surface area contributed by atoms with Gasteiger partial charge in [-0.3, -0.25) is 19.7 Å². The molecule has 2 amide bonds. The van der Waals surface area contributed by atoms with Gasteiger partial charge in [0.25, 0.3) is 11.6 Å². The molecule has 3 aromatic carbocycles. The molecule has 1 N–H and O–H groups in total. The van der Waals surface area contributed by atoms with Crippen molar-refractivity contribution in [3.63, 3.8) is 0 Å². The highest BCUT2D eigenvalue weighted by Gasteiger charge is 2.23. The number of hydrogen-bond donors (Lipinski definition) is 1. The largest absolute Gasteiger partial charge is 0.385 e. The van der Waals surface area contributed by atoms with Gasteiger partial charge in [-0.2, -0.15) is 0 Å². The van der Waals surface area contributed by atoms with Crippen LogP contribution in [0.25, 0.3) is 10.9 Å². The predicted octanol–water partition coefficient (Wildman–Crippen LogP) is 4.97. The number of amides is 2. The summed E-state index contributed by atoms with van der Waals surface area (Å²) in [5, 5.41) is 12.1. The molecule has 0 atom stereocenters. The summed E-state index contributed by atoms with van der Waals surface area (Å²) in [6.07, 6.45) is 3.02. The molecule has 1 heterocycles. The van der Waals surface area contributed by atoms with E-state index in [1.54, 1.807) is 24.1 Å². The molecule has 0 aliphatic rings. The van der Waals surface area contributed by atoms with Crippen LogP contribution < -0.4 is 0 Å². The average molecular weight is 547 g/mol. The van der Waals surface area contributed by atoms with Crippen molar-refractivity contribution >= 4 is 28.4 Å². The number of carbonyl (C=O) groups is 2. The van der Waals surface area contributed by atoms with Crippen LogP contribution in [0.15, 0.2) is 79.0 Å². The lowest BCUT2D eigenvalue weighted by Gasteiger charge is -2.28. The summed E-state index contributed by atoms with van der Waals surface area (Å²) in [5.74, 6) is -1.03. The maximum atomic E-state index is 13.7. The molecule has 0 aliphatic heterocycles. The number of non-ortho nitro benzene ring substituents is 1. The number of hydrogen-bond acceptors (Lipinski definition) is 5. The van der Waals surface area contributed by atoms with Crippen molar-refractivity contribution in [1.29, 1.82) is 0 Å². The van der Waals surface area contributed by atoms with Gasteiger partial charge in [0.15, 0.2) is 0 Å². The maximum absolute atomic E-state index is 13.7. The number of nitrogens with one attached hydrogen (secondary N) is 1. The Morgan fingerprint density at radius 1 is 0.975 bits per heavy atom. The fraction of sp³-hybridized carbons (Fsp3) is 0.267. The molecule has 9 nitrogen and oxygen atoms in total. The summed E-state index contributed by atoms with van der Waals surface area (Å²) >= 11 is 0. The van der Waals surface area contributed by atoms with Gasteiger partial charge < -0.3 is 19.5 Å². The number of aromatic amines is 1. The SMILES string of the molecule is COCCCN(CC(=O)N(CCc1c[nH]c2ccccc12)Cc1ccc(F)cc1)C(=O)c1ccc([N+](=O)[O-])cc1. The van der Waals surface area contributed by atoms with E-state index < -0.39 is 10.8 Å². The number of nitro benzene ring substituents is 1. The standard InChI is InChI=1S/C30H31FN4O5/c1-40-18-4-16-34(30(37)23-9-13-26(14-10-23)35(38)39)21-29(36)33(20-22-7-11-25(31)12-8-22)17-15-24-19-32-28-6-3-2-5-27(24)28/h2-3,5-14,19,32H,4,15-18,20-21H2,1H3. The number of H-pyrrole nitrogens is 1. The van der Waals surface area contributed by atoms with E-state index in [1.807, 2.05) is 30.5 Å². The molecular formula is C30H31FN4O5. The van der Waals surface area contributed by atoms with Crippen LogP contribution in [-0.2, 0) is 22.5 Å². The second-order valence-electron chi connectivity index (χ2n) is 9.43. The van der Waals surface area contributed by atoms with E-state index in [-0.39, 0.29) is 42.6 Å². The molecular weight excluding hydrogens is 515 g/mol. The van der Waals surface area contributed by atoms with Crippen molar-refractivity contribution in [2.75, 3.05) is 33.4 Å². The Kier molecular flexibility index (Phi) is 9.58. The van der Waals surface area contributed by atoms with Gasteiger partial charge in [0, 0.05) is 68.1 Å². The number of methoxy groups -OCH3 is 1. The van der Waals surface area contributed by atoms with Gasteiger partial charge in [0.05, 0.1) is 4.92 Å². The topological polar surface area (TPSA) is 109 Å². The van der Waals surface area contributed by atoms with E-state index >= 15 is 0 Å². The zero-order valence-corrected chi connectivity index (χ0v) is 22.2. The third kappa shape index (κ3) is 7.29. The Morgan fingerprint density at radius 3 is 2.40 bits per heavy atom. The zero-order chi connectivity index (χ0) is 28.5. The van der Waals surface area contributed by atoms with E-state index in [0.29, 0.717) is 26.0 Å². The Labute approximate surface area is 231 Å². The van der Waals surface area contributed by atoms with Gasteiger partial charge in [-0.15, -0.1) is 0 Å². The van der Waals surface area contributed by atoms with Gasteiger partial charge in [0.2, 0.25) is 5.91 Å². The quantitative estimate of drug-likeness (QED) is 0.145. The number of nitrogens with zero attached hydrogens (tertiary/aromatic N) is 3. The van der Waals surface area contributed by atoms with Crippen LogP contribution in [0.4, 0.5) is 10.1 Å². The third-order valence-electron chi connectivity index (χ3n) is 6.68. The van der Waals surface area contributed by atoms with Crippen LogP contribution in [0.3, 0.4) is 0 Å². The van der Waals surface area contributed by atoms with Crippen LogP contribution in [0.1, 0.15) is 27.9 Å². The molecule has 40 heavy (non-hydrogen) atoms. The van der Waals surface area contributed by atoms with E-state index in [1.165, 1.54) is 41.3 Å². The summed E-state index contributed by atoms with van der Waals surface area (Å²) in [4.78, 5) is 43.9. The number of nitro groups is 1. The first-order chi connectivity index (χ1) is 19.4. The lowest BCUT2D eigenvalue weighted by Crippen LogP contribution is -2.44. The first-order valence-electron chi connectivity index (χ1n) is 13.0. The molecule has 0 fully saturated rings. The number of benzene rings is 3. The van der Waals surface area contributed by atoms with Crippen LogP contribution in [0.2, 0.25) is 0 Å². The number of para-hydroxylation sites is 1. The van der Waals surface area contributed by atoms with E-state index in [4.69, 9.17) is 4.74 Å². The van der Waals surface area contributed by atoms with Gasteiger partial charge >= 0.3 is 0 Å². The molecule has 4 rings (SSSR count). The molecule has 0 saturated heterocycles. The summed E-state index contributed by atoms with van der Waals surface area (Å²) < 4.78 is 18.7. The molecule has 1 aromatic heterocycles. The van der Waals surface area contributed by atoms with Crippen molar-refractivity contribution in [2.24, 2.45) is 0 Å². The zero-order valence-electron chi connectivity index (χ0n) is 22.2. The minimum absolute atomic E-state index is 0.124. The van der Waals surface area contributed by atoms with Crippen molar-refractivity contribution < 1.29 is 23.6 Å². The van der Waals surface area contributed by atoms with Crippen molar-refractivity contribution in [2.45, 2.75) is 19.4 Å². The number of carbonyl (C=O) groups excluding carboxylic acids is 2. The van der Waals surface area contributed by atoms with Crippen LogP contribution in [0, 0.1) is 15.9 Å². The lowest BCUT2D eigenvalue weighted by molar-refractivity contribution is -0.384. The fourth-order valence-electron chi connectivity index (χ4n) is 4.52. The number of ether oxygens (including phenoxy) is 1. The van der Waals surface area contributed by atoms with Crippen molar-refractivity contribution in [3.05, 3.63) is 112 Å². The first-order valence-corrected chi connectivity index (χ1v) is 13.0. The fourth-order valence-corrected chi connectivity index (χ4v) is 4.52. The highest BCUT2D eigenvalue weighted by atomic mass is 19.1. The molecule has 0 radical (unpaired) electrons. The number of rotatable bonds is 13. The van der Waals surface area contributed by atoms with Gasteiger partial charge in [0.1, 0.15) is 12.4 Å². The minimum atomic E-state index is -0.533. The normalized spacial score (nSPS) is 10.9. The molecule has 4 aromatic rings. The molecule has 0 bridgehead atoms. The summed E-state index contributed by atoms with van der Waals surface area (Å²) in [7, 11) is 1.56. The number of aromatic nitrogens is 1. The molecule has 0 spiro atoms. The predicted molar refractivity (Wildman–Crippen MR) is 149 cm³/mol. The maximum Gasteiger partial charge on any atom is 0.269 e. The first kappa shape index (κ1) is 28.4. The summed E-state index contributed by atoms with van der Waals surface area (Å²) in [5.41, 5.74) is 2.96. The van der Waals surface area contributed by atoms with Crippen molar-refractivity contribution in [1.82, 2.24) is 14.8 Å². The average Bonchev–Trinajstić information content (AvgIpc) is 3.38. The lowest BCUT2D eigenvalue weighted by atomic mass is 10.1. The van der Waals surface area contributed by atoms with Crippen LogP contribution in [-0.4, -0.2) is 64.9 Å². The second-order valence-corrected chi connectivity index (χ2v) is 9.43. The van der Waals surface area contributed by atoms with Gasteiger partial charge in [-0.25, -0.2) is 4.39 Å². The smallest absolute Gasteiger partial charge is 0.269 e. The highest BCUT2D eigenvalue weighted by Crippen LogP contribution is 2.19. The molecule has 0 aliphatic carbocycles. The Balaban J connectivity index is 1.54. The van der Waals surface area contributed by atoms with Crippen molar-refractivity contribution in [3.8, 4) is 0 Å². The Hall–Kier alpha value is -4.57. The Bertz CT molecular complexity index is 1450.